The van der Waals surface area contributed by atoms with E-state index in [0.29, 0.717) is 5.56 Å². The van der Waals surface area contributed by atoms with E-state index in [4.69, 9.17) is 9.57 Å². The molecule has 2 fully saturated rings. The summed E-state index contributed by atoms with van der Waals surface area (Å²) >= 11 is 0. The van der Waals surface area contributed by atoms with Crippen LogP contribution in [0.1, 0.15) is 43.1 Å². The molecule has 2 aromatic rings. The Morgan fingerprint density at radius 2 is 1.76 bits per heavy atom. The van der Waals surface area contributed by atoms with E-state index in [0.717, 1.165) is 12.8 Å². The number of ether oxygens (including phenoxy) is 1. The molecule has 3 amide bonds. The molecule has 1 aliphatic heterocycles. The highest BCUT2D eigenvalue weighted by Crippen LogP contribution is 2.30. The molecule has 1 atom stereocenters. The van der Waals surface area contributed by atoms with Crippen LogP contribution in [-0.2, 0) is 24.0 Å². The number of amides is 3. The summed E-state index contributed by atoms with van der Waals surface area (Å²) in [4.78, 5) is 77.3. The molecule has 218 valence electrons. The average Bonchev–Trinajstić information content (AvgIpc) is 3.81. The summed E-state index contributed by atoms with van der Waals surface area (Å²) in [5.41, 5.74) is 0.524. The molecule has 1 aliphatic carbocycles. The van der Waals surface area contributed by atoms with Crippen molar-refractivity contribution in [3.63, 3.8) is 0 Å². The first-order valence-corrected chi connectivity index (χ1v) is 13.4. The van der Waals surface area contributed by atoms with Gasteiger partial charge in [-0.15, -0.1) is 5.06 Å². The first-order chi connectivity index (χ1) is 19.7. The van der Waals surface area contributed by atoms with Gasteiger partial charge in [-0.1, -0.05) is 30.3 Å². The van der Waals surface area contributed by atoms with Crippen molar-refractivity contribution in [1.29, 1.82) is 0 Å². The Morgan fingerprint density at radius 3 is 2.39 bits per heavy atom. The summed E-state index contributed by atoms with van der Waals surface area (Å²) in [6.45, 7) is 2.59. The van der Waals surface area contributed by atoms with E-state index in [1.807, 2.05) is 6.07 Å². The number of aromatic nitrogens is 2. The molecule has 14 heteroatoms. The van der Waals surface area contributed by atoms with Crippen LogP contribution in [0.5, 0.6) is 0 Å². The highest BCUT2D eigenvalue weighted by Gasteiger charge is 2.32. The fourth-order valence-electron chi connectivity index (χ4n) is 4.14. The number of nitrogens with zero attached hydrogens (tertiary/aromatic N) is 4. The van der Waals surface area contributed by atoms with Crippen molar-refractivity contribution < 1.29 is 38.7 Å². The fourth-order valence-corrected chi connectivity index (χ4v) is 4.14. The van der Waals surface area contributed by atoms with E-state index in [-0.39, 0.29) is 74.8 Å². The number of carboxylic acid groups (broad SMARTS) is 1. The number of hydroxylamine groups is 2. The van der Waals surface area contributed by atoms with Crippen LogP contribution in [-0.4, -0.2) is 93.7 Å². The second kappa shape index (κ2) is 13.7. The number of nitrogens with one attached hydrogen (secondary N) is 2. The highest BCUT2D eigenvalue weighted by atomic mass is 16.8. The lowest BCUT2D eigenvalue weighted by Crippen LogP contribution is -2.55. The molecular formula is C27H32N6O8. The van der Waals surface area contributed by atoms with Crippen molar-refractivity contribution in [1.82, 2.24) is 25.2 Å². The van der Waals surface area contributed by atoms with Gasteiger partial charge in [-0.2, -0.15) is 0 Å². The molecule has 14 nitrogen and oxygen atoms in total. The van der Waals surface area contributed by atoms with Crippen LogP contribution in [0.3, 0.4) is 0 Å². The number of carbonyl (C=O) groups is 5. The van der Waals surface area contributed by atoms with Gasteiger partial charge in [-0.3, -0.25) is 19.2 Å². The standard InChI is InChI=1S/C27H32N6O8/c1-2-40-27(39)41-33-14-12-32(13-15-33)26(38)19(10-11-22(34)35)29-25(37)20-16-21(31-24(36)18-8-9-18)30-23(28-20)17-6-4-3-5-7-17/h3-7,16,18-19H,2,8-15H2,1H3,(H,29,37)(H,34,35)(H,28,30,31,36)/t19-/m0/s1. The minimum Gasteiger partial charge on any atom is -0.481 e. The van der Waals surface area contributed by atoms with E-state index in [1.54, 1.807) is 31.2 Å². The van der Waals surface area contributed by atoms with E-state index >= 15 is 0 Å². The van der Waals surface area contributed by atoms with Gasteiger partial charge in [0.2, 0.25) is 11.8 Å². The number of hydrogen-bond donors (Lipinski definition) is 3. The van der Waals surface area contributed by atoms with Gasteiger partial charge in [0.25, 0.3) is 5.91 Å². The second-order valence-corrected chi connectivity index (χ2v) is 9.58. The number of carboxylic acids is 1. The Balaban J connectivity index is 1.49. The van der Waals surface area contributed by atoms with Crippen LogP contribution in [0.4, 0.5) is 10.6 Å². The topological polar surface area (TPSA) is 180 Å². The Bertz CT molecular complexity index is 1280. The van der Waals surface area contributed by atoms with Crippen molar-refractivity contribution in [2.24, 2.45) is 5.92 Å². The predicted octanol–water partition coefficient (Wildman–Crippen LogP) is 1.69. The minimum atomic E-state index is -1.16. The summed E-state index contributed by atoms with van der Waals surface area (Å²) in [5.74, 6) is -2.27. The lowest BCUT2D eigenvalue weighted by Gasteiger charge is -2.35. The van der Waals surface area contributed by atoms with Gasteiger partial charge >= 0.3 is 12.1 Å². The summed E-state index contributed by atoms with van der Waals surface area (Å²) in [6, 6.07) is 9.07. The lowest BCUT2D eigenvalue weighted by molar-refractivity contribution is -0.157. The largest absolute Gasteiger partial charge is 0.527 e. The highest BCUT2D eigenvalue weighted by molar-refractivity contribution is 5.99. The van der Waals surface area contributed by atoms with E-state index < -0.39 is 30.0 Å². The van der Waals surface area contributed by atoms with Gasteiger partial charge in [0, 0.05) is 37.1 Å². The molecule has 2 aliphatic rings. The Kier molecular flexibility index (Phi) is 9.79. The molecule has 2 heterocycles. The smallest absolute Gasteiger partial charge is 0.481 e. The molecular weight excluding hydrogens is 536 g/mol. The van der Waals surface area contributed by atoms with Crippen LogP contribution in [0.25, 0.3) is 11.4 Å². The van der Waals surface area contributed by atoms with E-state index in [1.165, 1.54) is 16.0 Å². The van der Waals surface area contributed by atoms with E-state index in [9.17, 15) is 29.1 Å². The molecule has 0 radical (unpaired) electrons. The molecule has 1 saturated heterocycles. The Hall–Kier alpha value is -4.59. The van der Waals surface area contributed by atoms with Gasteiger partial charge < -0.3 is 30.2 Å². The molecule has 0 bridgehead atoms. The van der Waals surface area contributed by atoms with Crippen molar-refractivity contribution in [3.05, 3.63) is 42.1 Å². The summed E-state index contributed by atoms with van der Waals surface area (Å²) in [6.07, 6.45) is 0.219. The van der Waals surface area contributed by atoms with Crippen molar-refractivity contribution >= 4 is 35.7 Å². The zero-order valence-corrected chi connectivity index (χ0v) is 22.6. The molecule has 1 saturated carbocycles. The third-order valence-electron chi connectivity index (χ3n) is 6.46. The first-order valence-electron chi connectivity index (χ1n) is 13.4. The summed E-state index contributed by atoms with van der Waals surface area (Å²) in [5, 5.41) is 16.0. The van der Waals surface area contributed by atoms with Crippen LogP contribution < -0.4 is 10.6 Å². The number of piperazine rings is 1. The number of anilines is 1. The predicted molar refractivity (Wildman–Crippen MR) is 143 cm³/mol. The Morgan fingerprint density at radius 1 is 1.05 bits per heavy atom. The van der Waals surface area contributed by atoms with Crippen LogP contribution in [0.2, 0.25) is 0 Å². The number of aliphatic carboxylic acids is 1. The molecule has 0 unspecified atom stereocenters. The lowest BCUT2D eigenvalue weighted by atomic mass is 10.1. The van der Waals surface area contributed by atoms with Crippen LogP contribution in [0.15, 0.2) is 36.4 Å². The number of carbonyl (C=O) groups excluding carboxylic acids is 4. The summed E-state index contributed by atoms with van der Waals surface area (Å²) < 4.78 is 4.76. The monoisotopic (exact) mass is 568 g/mol. The number of benzene rings is 1. The van der Waals surface area contributed by atoms with Crippen LogP contribution >= 0.6 is 0 Å². The van der Waals surface area contributed by atoms with Crippen molar-refractivity contribution in [3.8, 4) is 11.4 Å². The Labute approximate surface area is 236 Å². The van der Waals surface area contributed by atoms with Crippen molar-refractivity contribution in [2.45, 2.75) is 38.6 Å². The molecule has 1 aromatic heterocycles. The maximum Gasteiger partial charge on any atom is 0.527 e. The van der Waals surface area contributed by atoms with E-state index in [2.05, 4.69) is 20.6 Å². The molecule has 41 heavy (non-hydrogen) atoms. The summed E-state index contributed by atoms with van der Waals surface area (Å²) in [7, 11) is 0. The third-order valence-corrected chi connectivity index (χ3v) is 6.46. The van der Waals surface area contributed by atoms with Gasteiger partial charge in [0.1, 0.15) is 17.6 Å². The van der Waals surface area contributed by atoms with Crippen LogP contribution in [0, 0.1) is 5.92 Å². The molecule has 3 N–H and O–H groups in total. The normalized spacial score (nSPS) is 15.9. The quantitative estimate of drug-likeness (QED) is 0.336. The van der Waals surface area contributed by atoms with Gasteiger partial charge in [0.15, 0.2) is 5.82 Å². The van der Waals surface area contributed by atoms with Gasteiger partial charge in [-0.25, -0.2) is 14.8 Å². The average molecular weight is 569 g/mol. The SMILES string of the molecule is CCOC(=O)ON1CCN(C(=O)[C@H](CCC(=O)O)NC(=O)c2cc(NC(=O)C3CC3)nc(-c3ccccc3)n2)CC1. The fraction of sp³-hybridized carbons (Fsp3) is 0.444. The maximum absolute atomic E-state index is 13.4. The molecule has 4 rings (SSSR count). The second-order valence-electron chi connectivity index (χ2n) is 9.58. The van der Waals surface area contributed by atoms with Gasteiger partial charge in [0.05, 0.1) is 19.7 Å². The van der Waals surface area contributed by atoms with Crippen molar-refractivity contribution in [2.75, 3.05) is 38.1 Å². The molecule has 1 aromatic carbocycles. The molecule has 0 spiro atoms. The zero-order chi connectivity index (χ0) is 29.4. The third kappa shape index (κ3) is 8.45. The van der Waals surface area contributed by atoms with Gasteiger partial charge in [-0.05, 0) is 26.2 Å². The first kappa shape index (κ1) is 29.4. The zero-order valence-electron chi connectivity index (χ0n) is 22.6. The number of hydrogen-bond acceptors (Lipinski definition) is 10. The minimum absolute atomic E-state index is 0.0919. The number of rotatable bonds is 11. The maximum atomic E-state index is 13.4.